The van der Waals surface area contributed by atoms with Gasteiger partial charge in [0.25, 0.3) is 0 Å². The van der Waals surface area contributed by atoms with Crippen LogP contribution in [0.4, 0.5) is 0 Å². The Hall–Kier alpha value is -1.81. The molecular formula is C18H11Cl3O3. The van der Waals surface area contributed by atoms with Gasteiger partial charge in [-0.3, -0.25) is 9.59 Å². The van der Waals surface area contributed by atoms with Gasteiger partial charge in [0.05, 0.1) is 10.4 Å². The maximum Gasteiger partial charge on any atom is 0.202 e. The lowest BCUT2D eigenvalue weighted by atomic mass is 10.0. The molecule has 0 bridgehead atoms. The Morgan fingerprint density at radius 1 is 1.04 bits per heavy atom. The van der Waals surface area contributed by atoms with Crippen LogP contribution in [0.2, 0.25) is 15.1 Å². The number of hydrogen-bond acceptors (Lipinski definition) is 3. The normalized spacial score (nSPS) is 11.0. The number of ketones is 1. The van der Waals surface area contributed by atoms with Crippen molar-refractivity contribution in [3.05, 3.63) is 78.6 Å². The van der Waals surface area contributed by atoms with Crippen LogP contribution in [0.3, 0.4) is 0 Å². The number of Topliss-reactive ketones (excluding diaryl/α,β-unsaturated/α-hetero) is 1. The Morgan fingerprint density at radius 2 is 1.79 bits per heavy atom. The second-order valence-electron chi connectivity index (χ2n) is 5.41. The molecule has 3 rings (SSSR count). The zero-order valence-electron chi connectivity index (χ0n) is 12.5. The Labute approximate surface area is 152 Å². The second kappa shape index (κ2) is 6.60. The van der Waals surface area contributed by atoms with Crippen LogP contribution in [0.1, 0.15) is 21.7 Å². The van der Waals surface area contributed by atoms with Crippen LogP contribution in [0, 0.1) is 6.92 Å². The van der Waals surface area contributed by atoms with Gasteiger partial charge >= 0.3 is 0 Å². The van der Waals surface area contributed by atoms with Crippen LogP contribution in [-0.4, -0.2) is 5.78 Å². The minimum absolute atomic E-state index is 0.0360. The molecule has 0 amide bonds. The first-order valence-electron chi connectivity index (χ1n) is 7.06. The summed E-state index contributed by atoms with van der Waals surface area (Å²) in [6.45, 7) is 1.87. The van der Waals surface area contributed by atoms with Crippen molar-refractivity contribution < 1.29 is 9.21 Å². The van der Waals surface area contributed by atoms with E-state index in [1.807, 2.05) is 6.92 Å². The third kappa shape index (κ3) is 3.34. The second-order valence-corrected chi connectivity index (χ2v) is 6.69. The van der Waals surface area contributed by atoms with Crippen molar-refractivity contribution in [1.82, 2.24) is 0 Å². The number of rotatable bonds is 3. The SMILES string of the molecule is Cc1cc(Cl)ccc1CC(=O)c1cc(=O)c2cc(Cl)cc(Cl)c2o1. The van der Waals surface area contributed by atoms with E-state index in [9.17, 15) is 9.59 Å². The summed E-state index contributed by atoms with van der Waals surface area (Å²) in [7, 11) is 0. The number of carbonyl (C=O) groups is 1. The van der Waals surface area contributed by atoms with Crippen LogP contribution in [0.25, 0.3) is 11.0 Å². The lowest BCUT2D eigenvalue weighted by molar-refractivity contribution is 0.0967. The van der Waals surface area contributed by atoms with Crippen molar-refractivity contribution in [2.75, 3.05) is 0 Å². The fourth-order valence-corrected chi connectivity index (χ4v) is 3.20. The minimum Gasteiger partial charge on any atom is -0.451 e. The fourth-order valence-electron chi connectivity index (χ4n) is 2.44. The molecule has 0 N–H and O–H groups in total. The van der Waals surface area contributed by atoms with Gasteiger partial charge in [-0.05, 0) is 42.3 Å². The van der Waals surface area contributed by atoms with E-state index in [0.717, 1.165) is 11.1 Å². The molecule has 0 fully saturated rings. The van der Waals surface area contributed by atoms with E-state index in [0.29, 0.717) is 10.0 Å². The van der Waals surface area contributed by atoms with Crippen LogP contribution in [-0.2, 0) is 6.42 Å². The van der Waals surface area contributed by atoms with E-state index < -0.39 is 0 Å². The molecular weight excluding hydrogens is 371 g/mol. The molecule has 122 valence electrons. The number of fused-ring (bicyclic) bond motifs is 1. The van der Waals surface area contributed by atoms with Crippen molar-refractivity contribution in [2.24, 2.45) is 0 Å². The average molecular weight is 382 g/mol. The van der Waals surface area contributed by atoms with E-state index in [1.54, 1.807) is 18.2 Å². The molecule has 0 saturated carbocycles. The Balaban J connectivity index is 2.03. The molecule has 3 nitrogen and oxygen atoms in total. The standard InChI is InChI=1S/C18H11Cl3O3/c1-9-4-11(19)3-2-10(9)5-16(23)17-8-15(22)13-6-12(20)7-14(21)18(13)24-17/h2-4,6-8H,5H2,1H3. The van der Waals surface area contributed by atoms with Crippen molar-refractivity contribution in [3.63, 3.8) is 0 Å². The summed E-state index contributed by atoms with van der Waals surface area (Å²) in [5.41, 5.74) is 1.50. The quantitative estimate of drug-likeness (QED) is 0.564. The van der Waals surface area contributed by atoms with Gasteiger partial charge < -0.3 is 4.42 Å². The third-order valence-corrected chi connectivity index (χ3v) is 4.41. The summed E-state index contributed by atoms with van der Waals surface area (Å²) in [5, 5.41) is 1.36. The van der Waals surface area contributed by atoms with Crippen molar-refractivity contribution in [1.29, 1.82) is 0 Å². The van der Waals surface area contributed by atoms with E-state index in [4.69, 9.17) is 39.2 Å². The zero-order chi connectivity index (χ0) is 17.4. The van der Waals surface area contributed by atoms with Crippen LogP contribution >= 0.6 is 34.8 Å². The Morgan fingerprint density at radius 3 is 2.50 bits per heavy atom. The Bertz CT molecular complexity index is 1020. The molecule has 0 unspecified atom stereocenters. The fraction of sp³-hybridized carbons (Fsp3) is 0.111. The third-order valence-electron chi connectivity index (χ3n) is 3.68. The highest BCUT2D eigenvalue weighted by molar-refractivity contribution is 6.38. The van der Waals surface area contributed by atoms with Crippen molar-refractivity contribution in [3.8, 4) is 0 Å². The first kappa shape index (κ1) is 17.0. The van der Waals surface area contributed by atoms with Crippen LogP contribution < -0.4 is 5.43 Å². The summed E-state index contributed by atoms with van der Waals surface area (Å²) >= 11 is 17.9. The maximum absolute atomic E-state index is 12.5. The lowest BCUT2D eigenvalue weighted by Gasteiger charge is -2.07. The van der Waals surface area contributed by atoms with Gasteiger partial charge in [0, 0.05) is 22.5 Å². The number of carbonyl (C=O) groups excluding carboxylic acids is 1. The zero-order valence-corrected chi connectivity index (χ0v) is 14.8. The molecule has 1 aromatic heterocycles. The summed E-state index contributed by atoms with van der Waals surface area (Å²) in [4.78, 5) is 24.7. The average Bonchev–Trinajstić information content (AvgIpc) is 2.50. The highest BCUT2D eigenvalue weighted by Crippen LogP contribution is 2.27. The van der Waals surface area contributed by atoms with E-state index in [1.165, 1.54) is 18.2 Å². The van der Waals surface area contributed by atoms with Crippen LogP contribution in [0.5, 0.6) is 0 Å². The predicted molar refractivity (Wildman–Crippen MR) is 96.7 cm³/mol. The van der Waals surface area contributed by atoms with Crippen molar-refractivity contribution in [2.45, 2.75) is 13.3 Å². The van der Waals surface area contributed by atoms with Gasteiger partial charge in [0.15, 0.2) is 16.8 Å². The van der Waals surface area contributed by atoms with Crippen LogP contribution in [0.15, 0.2) is 45.6 Å². The minimum atomic E-state index is -0.364. The summed E-state index contributed by atoms with van der Waals surface area (Å²) < 4.78 is 5.56. The number of hydrogen-bond donors (Lipinski definition) is 0. The van der Waals surface area contributed by atoms with Crippen molar-refractivity contribution >= 4 is 51.6 Å². The van der Waals surface area contributed by atoms with Gasteiger partial charge in [-0.15, -0.1) is 0 Å². The molecule has 0 aliphatic heterocycles. The molecule has 0 spiro atoms. The maximum atomic E-state index is 12.5. The largest absolute Gasteiger partial charge is 0.451 e. The van der Waals surface area contributed by atoms with E-state index in [-0.39, 0.29) is 39.4 Å². The van der Waals surface area contributed by atoms with Gasteiger partial charge in [-0.2, -0.15) is 0 Å². The summed E-state index contributed by atoms with van der Waals surface area (Å²) in [6.07, 6.45) is 0.0999. The van der Waals surface area contributed by atoms with E-state index >= 15 is 0 Å². The number of benzene rings is 2. The highest BCUT2D eigenvalue weighted by atomic mass is 35.5. The highest BCUT2D eigenvalue weighted by Gasteiger charge is 2.16. The number of halogens is 3. The van der Waals surface area contributed by atoms with Gasteiger partial charge in [0.1, 0.15) is 0 Å². The number of aryl methyl sites for hydroxylation is 1. The first-order valence-corrected chi connectivity index (χ1v) is 8.19. The monoisotopic (exact) mass is 380 g/mol. The van der Waals surface area contributed by atoms with Gasteiger partial charge in [-0.1, -0.05) is 40.9 Å². The molecule has 6 heteroatoms. The van der Waals surface area contributed by atoms with E-state index in [2.05, 4.69) is 0 Å². The Kier molecular flexibility index (Phi) is 4.68. The molecule has 1 heterocycles. The molecule has 2 aromatic carbocycles. The summed E-state index contributed by atoms with van der Waals surface area (Å²) in [5.74, 6) is -0.350. The molecule has 0 radical (unpaired) electrons. The van der Waals surface area contributed by atoms with Gasteiger partial charge in [0.2, 0.25) is 5.78 Å². The lowest BCUT2D eigenvalue weighted by Crippen LogP contribution is -2.10. The smallest absolute Gasteiger partial charge is 0.202 e. The molecule has 24 heavy (non-hydrogen) atoms. The molecule has 3 aromatic rings. The molecule has 0 atom stereocenters. The molecule has 0 aliphatic rings. The predicted octanol–water partition coefficient (Wildman–Crippen LogP) is 5.49. The molecule has 0 aliphatic carbocycles. The topological polar surface area (TPSA) is 47.3 Å². The summed E-state index contributed by atoms with van der Waals surface area (Å²) in [6, 6.07) is 9.37. The van der Waals surface area contributed by atoms with Gasteiger partial charge in [-0.25, -0.2) is 0 Å². The first-order chi connectivity index (χ1) is 11.3. The molecule has 0 saturated heterocycles.